The lowest BCUT2D eigenvalue weighted by Gasteiger charge is -2.34. The first-order valence-electron chi connectivity index (χ1n) is 12.8. The number of halogens is 1. The van der Waals surface area contributed by atoms with Crippen LogP contribution < -0.4 is 9.62 Å². The summed E-state index contributed by atoms with van der Waals surface area (Å²) in [6.45, 7) is 4.00. The van der Waals surface area contributed by atoms with Crippen molar-refractivity contribution < 1.29 is 27.2 Å². The SMILES string of the molecule is CC(=O)c1cccc(N(CC(=O)N(Cc2ccccc2F)[C@H](Cc2ccccc2)C(=O)NC(C)C)S(C)(=O)=O)c1. The fourth-order valence-electron chi connectivity index (χ4n) is 4.24. The highest BCUT2D eigenvalue weighted by Gasteiger charge is 2.33. The van der Waals surface area contributed by atoms with Gasteiger partial charge in [-0.3, -0.25) is 18.7 Å². The summed E-state index contributed by atoms with van der Waals surface area (Å²) in [4.78, 5) is 40.6. The number of carbonyl (C=O) groups excluding carboxylic acids is 3. The van der Waals surface area contributed by atoms with E-state index >= 15 is 0 Å². The molecule has 10 heteroatoms. The van der Waals surface area contributed by atoms with Gasteiger partial charge >= 0.3 is 0 Å². The van der Waals surface area contributed by atoms with Gasteiger partial charge in [0.05, 0.1) is 11.9 Å². The number of nitrogens with zero attached hydrogens (tertiary/aromatic N) is 2. The summed E-state index contributed by atoms with van der Waals surface area (Å²) < 4.78 is 41.4. The van der Waals surface area contributed by atoms with Gasteiger partial charge in [0.1, 0.15) is 18.4 Å². The average molecular weight is 568 g/mol. The fourth-order valence-corrected chi connectivity index (χ4v) is 5.08. The number of sulfonamides is 1. The lowest BCUT2D eigenvalue weighted by Crippen LogP contribution is -2.54. The van der Waals surface area contributed by atoms with Crippen LogP contribution in [0.4, 0.5) is 10.1 Å². The molecule has 0 spiro atoms. The molecule has 0 unspecified atom stereocenters. The number of nitrogens with one attached hydrogen (secondary N) is 1. The van der Waals surface area contributed by atoms with Crippen LogP contribution in [0.2, 0.25) is 0 Å². The molecule has 212 valence electrons. The minimum atomic E-state index is -3.99. The molecule has 2 amide bonds. The summed E-state index contributed by atoms with van der Waals surface area (Å²) in [5.74, 6) is -1.98. The second-order valence-corrected chi connectivity index (χ2v) is 11.8. The van der Waals surface area contributed by atoms with Crippen LogP contribution in [0.15, 0.2) is 78.9 Å². The summed E-state index contributed by atoms with van der Waals surface area (Å²) in [5.41, 5.74) is 1.35. The van der Waals surface area contributed by atoms with E-state index < -0.39 is 40.2 Å². The number of amides is 2. The first kappa shape index (κ1) is 30.5. The Bertz CT molecular complexity index is 1460. The quantitative estimate of drug-likeness (QED) is 0.334. The number of benzene rings is 3. The topological polar surface area (TPSA) is 104 Å². The molecule has 0 heterocycles. The predicted octanol–water partition coefficient (Wildman–Crippen LogP) is 3.96. The van der Waals surface area contributed by atoms with Gasteiger partial charge in [-0.25, -0.2) is 12.8 Å². The van der Waals surface area contributed by atoms with E-state index in [1.165, 1.54) is 48.2 Å². The van der Waals surface area contributed by atoms with E-state index in [1.54, 1.807) is 26.0 Å². The standard InChI is InChI=1S/C30H34FN3O5S/c1-21(2)32-30(37)28(17-23-11-6-5-7-12-23)33(19-25-13-8-9-16-27(25)31)29(36)20-34(40(4,38)39)26-15-10-14-24(18-26)22(3)35/h5-16,18,21,28H,17,19-20H2,1-4H3,(H,32,37)/t28-/m1/s1. The molecule has 3 aromatic rings. The van der Waals surface area contributed by atoms with Crippen LogP contribution in [0.5, 0.6) is 0 Å². The van der Waals surface area contributed by atoms with Gasteiger partial charge in [-0.15, -0.1) is 0 Å². The number of carbonyl (C=O) groups is 3. The van der Waals surface area contributed by atoms with E-state index in [2.05, 4.69) is 5.32 Å². The Morgan fingerprint density at radius 2 is 1.57 bits per heavy atom. The van der Waals surface area contributed by atoms with Crippen molar-refractivity contribution in [2.75, 3.05) is 17.1 Å². The van der Waals surface area contributed by atoms with Crippen molar-refractivity contribution in [2.45, 2.75) is 45.8 Å². The third-order valence-corrected chi connectivity index (χ3v) is 7.36. The van der Waals surface area contributed by atoms with E-state index in [1.807, 2.05) is 30.3 Å². The van der Waals surface area contributed by atoms with Crippen molar-refractivity contribution in [1.29, 1.82) is 0 Å². The van der Waals surface area contributed by atoms with E-state index in [0.717, 1.165) is 16.1 Å². The Morgan fingerprint density at radius 3 is 2.17 bits per heavy atom. The van der Waals surface area contributed by atoms with Crippen LogP contribution in [-0.4, -0.2) is 55.8 Å². The van der Waals surface area contributed by atoms with Crippen LogP contribution in [0.1, 0.15) is 42.3 Å². The highest BCUT2D eigenvalue weighted by molar-refractivity contribution is 7.92. The lowest BCUT2D eigenvalue weighted by atomic mass is 10.0. The predicted molar refractivity (Wildman–Crippen MR) is 153 cm³/mol. The van der Waals surface area contributed by atoms with Gasteiger partial charge < -0.3 is 10.2 Å². The van der Waals surface area contributed by atoms with E-state index in [0.29, 0.717) is 0 Å². The molecular formula is C30H34FN3O5S. The molecule has 0 aliphatic carbocycles. The van der Waals surface area contributed by atoms with Crippen molar-refractivity contribution in [3.63, 3.8) is 0 Å². The second kappa shape index (κ2) is 13.3. The fraction of sp³-hybridized carbons (Fsp3) is 0.300. The van der Waals surface area contributed by atoms with Gasteiger partial charge in [0.15, 0.2) is 5.78 Å². The maximum Gasteiger partial charge on any atom is 0.244 e. The molecule has 0 radical (unpaired) electrons. The molecule has 0 aliphatic heterocycles. The molecule has 1 atom stereocenters. The van der Waals surface area contributed by atoms with Crippen LogP contribution in [0, 0.1) is 5.82 Å². The summed E-state index contributed by atoms with van der Waals surface area (Å²) in [6, 6.07) is 19.6. The summed E-state index contributed by atoms with van der Waals surface area (Å²) in [6.07, 6.45) is 1.08. The van der Waals surface area contributed by atoms with Crippen LogP contribution in [-0.2, 0) is 32.6 Å². The monoisotopic (exact) mass is 567 g/mol. The Labute approximate surface area is 234 Å². The Morgan fingerprint density at radius 1 is 0.925 bits per heavy atom. The summed E-state index contributed by atoms with van der Waals surface area (Å²) >= 11 is 0. The van der Waals surface area contributed by atoms with Gasteiger partial charge in [0.2, 0.25) is 21.8 Å². The molecule has 8 nitrogen and oxygen atoms in total. The largest absolute Gasteiger partial charge is 0.352 e. The zero-order valence-electron chi connectivity index (χ0n) is 23.0. The molecule has 0 aromatic heterocycles. The number of ketones is 1. The van der Waals surface area contributed by atoms with E-state index in [4.69, 9.17) is 0 Å². The highest BCUT2D eigenvalue weighted by atomic mass is 32.2. The number of anilines is 1. The number of hydrogen-bond acceptors (Lipinski definition) is 5. The molecule has 0 aliphatic rings. The normalized spacial score (nSPS) is 12.1. The van der Waals surface area contributed by atoms with Crippen molar-refractivity contribution in [2.24, 2.45) is 0 Å². The molecule has 3 rings (SSSR count). The number of rotatable bonds is 12. The van der Waals surface area contributed by atoms with Crippen LogP contribution in [0.25, 0.3) is 0 Å². The molecule has 3 aromatic carbocycles. The van der Waals surface area contributed by atoms with Gasteiger partial charge in [-0.05, 0) is 44.5 Å². The molecule has 0 saturated heterocycles. The van der Waals surface area contributed by atoms with E-state index in [-0.39, 0.29) is 41.6 Å². The van der Waals surface area contributed by atoms with Gasteiger partial charge in [0.25, 0.3) is 0 Å². The molecular weight excluding hydrogens is 533 g/mol. The maximum atomic E-state index is 14.8. The van der Waals surface area contributed by atoms with Crippen molar-refractivity contribution >= 4 is 33.3 Å². The maximum absolute atomic E-state index is 14.8. The van der Waals surface area contributed by atoms with Crippen LogP contribution >= 0.6 is 0 Å². The second-order valence-electron chi connectivity index (χ2n) is 9.86. The van der Waals surface area contributed by atoms with Gasteiger partial charge in [0, 0.05) is 30.1 Å². The van der Waals surface area contributed by atoms with Gasteiger partial charge in [-0.1, -0.05) is 60.7 Å². The zero-order chi connectivity index (χ0) is 29.4. The highest BCUT2D eigenvalue weighted by Crippen LogP contribution is 2.22. The third-order valence-electron chi connectivity index (χ3n) is 6.22. The summed E-state index contributed by atoms with van der Waals surface area (Å²) in [5, 5.41) is 2.84. The molecule has 1 N–H and O–H groups in total. The first-order valence-corrected chi connectivity index (χ1v) is 14.7. The number of Topliss-reactive ketones (excluding diaryl/α,β-unsaturated/α-hetero) is 1. The Hall–Kier alpha value is -4.05. The van der Waals surface area contributed by atoms with Crippen molar-refractivity contribution in [3.8, 4) is 0 Å². The van der Waals surface area contributed by atoms with E-state index in [9.17, 15) is 27.2 Å². The Balaban J connectivity index is 2.08. The van der Waals surface area contributed by atoms with Crippen molar-refractivity contribution in [1.82, 2.24) is 10.2 Å². The van der Waals surface area contributed by atoms with Crippen LogP contribution in [0.3, 0.4) is 0 Å². The zero-order valence-corrected chi connectivity index (χ0v) is 23.8. The molecule has 40 heavy (non-hydrogen) atoms. The average Bonchev–Trinajstić information content (AvgIpc) is 2.89. The minimum absolute atomic E-state index is 0.123. The molecule has 0 saturated carbocycles. The lowest BCUT2D eigenvalue weighted by molar-refractivity contribution is -0.140. The summed E-state index contributed by atoms with van der Waals surface area (Å²) in [7, 11) is -3.99. The minimum Gasteiger partial charge on any atom is -0.352 e. The third kappa shape index (κ3) is 8.22. The Kier molecular flexibility index (Phi) is 10.2. The first-order chi connectivity index (χ1) is 18.9. The van der Waals surface area contributed by atoms with Crippen molar-refractivity contribution in [3.05, 3.63) is 101 Å². The molecule has 0 fully saturated rings. The molecule has 0 bridgehead atoms. The smallest absolute Gasteiger partial charge is 0.244 e. The van der Waals surface area contributed by atoms with Gasteiger partial charge in [-0.2, -0.15) is 0 Å². The number of hydrogen-bond donors (Lipinski definition) is 1.